The van der Waals surface area contributed by atoms with Gasteiger partial charge in [-0.1, -0.05) is 12.1 Å². The number of carboxylic acids is 2. The van der Waals surface area contributed by atoms with E-state index in [4.69, 9.17) is 10.2 Å². The first kappa shape index (κ1) is 11.1. The zero-order chi connectivity index (χ0) is 12.6. The summed E-state index contributed by atoms with van der Waals surface area (Å²) in [6, 6.07) is 7.77. The van der Waals surface area contributed by atoms with Crippen LogP contribution in [-0.4, -0.2) is 22.2 Å². The van der Waals surface area contributed by atoms with Gasteiger partial charge in [-0.25, -0.2) is 9.59 Å². The zero-order valence-corrected chi connectivity index (χ0v) is 9.10. The average molecular weight is 230 g/mol. The predicted octanol–water partition coefficient (Wildman–Crippen LogP) is 2.54. The van der Waals surface area contributed by atoms with Crippen LogP contribution in [0.2, 0.25) is 0 Å². The maximum absolute atomic E-state index is 11.1. The highest BCUT2D eigenvalue weighted by Gasteiger charge is 2.11. The van der Waals surface area contributed by atoms with Gasteiger partial charge in [0, 0.05) is 0 Å². The van der Waals surface area contributed by atoms with Gasteiger partial charge >= 0.3 is 11.9 Å². The molecule has 17 heavy (non-hydrogen) atoms. The largest absolute Gasteiger partial charge is 0.478 e. The molecule has 0 aliphatic carbocycles. The molecule has 0 amide bonds. The van der Waals surface area contributed by atoms with Crippen LogP contribution in [-0.2, 0) is 0 Å². The molecule has 0 saturated carbocycles. The molecule has 4 heteroatoms. The maximum atomic E-state index is 11.1. The van der Waals surface area contributed by atoms with E-state index in [0.717, 1.165) is 5.56 Å². The molecule has 0 atom stereocenters. The van der Waals surface area contributed by atoms with Crippen LogP contribution in [0.5, 0.6) is 0 Å². The minimum Gasteiger partial charge on any atom is -0.478 e. The lowest BCUT2D eigenvalue weighted by molar-refractivity contribution is 0.0688. The van der Waals surface area contributed by atoms with Gasteiger partial charge in [-0.15, -0.1) is 0 Å². The standard InChI is InChI=1S/C13H10O4/c1-7-4-9-6-8(12(14)15)2-3-10(9)11(5-7)13(16)17/h2-6H,1H3,(H,14,15)(H,16,17). The molecule has 0 fully saturated rings. The van der Waals surface area contributed by atoms with Crippen LogP contribution in [0.25, 0.3) is 10.8 Å². The number of hydrogen-bond acceptors (Lipinski definition) is 2. The summed E-state index contributed by atoms with van der Waals surface area (Å²) < 4.78 is 0. The first-order valence-electron chi connectivity index (χ1n) is 5.00. The Morgan fingerprint density at radius 1 is 1.00 bits per heavy atom. The molecule has 0 bridgehead atoms. The van der Waals surface area contributed by atoms with Gasteiger partial charge in [-0.05, 0) is 41.5 Å². The highest BCUT2D eigenvalue weighted by Crippen LogP contribution is 2.22. The van der Waals surface area contributed by atoms with Crippen LogP contribution in [0.1, 0.15) is 26.3 Å². The van der Waals surface area contributed by atoms with E-state index in [1.165, 1.54) is 18.2 Å². The minimum absolute atomic E-state index is 0.152. The van der Waals surface area contributed by atoms with E-state index in [1.807, 2.05) is 0 Å². The van der Waals surface area contributed by atoms with Crippen molar-refractivity contribution in [3.8, 4) is 0 Å². The second-order valence-electron chi connectivity index (χ2n) is 3.86. The number of fused-ring (bicyclic) bond motifs is 1. The highest BCUT2D eigenvalue weighted by molar-refractivity contribution is 6.05. The topological polar surface area (TPSA) is 74.6 Å². The Bertz CT molecular complexity index is 629. The van der Waals surface area contributed by atoms with Gasteiger partial charge in [0.15, 0.2) is 0 Å². The summed E-state index contributed by atoms with van der Waals surface area (Å²) in [5.41, 5.74) is 1.13. The zero-order valence-electron chi connectivity index (χ0n) is 9.10. The monoisotopic (exact) mass is 230 g/mol. The van der Waals surface area contributed by atoms with Gasteiger partial charge in [0.25, 0.3) is 0 Å². The van der Waals surface area contributed by atoms with E-state index in [9.17, 15) is 9.59 Å². The van der Waals surface area contributed by atoms with Crippen molar-refractivity contribution >= 4 is 22.7 Å². The van der Waals surface area contributed by atoms with Crippen molar-refractivity contribution in [3.63, 3.8) is 0 Å². The molecule has 2 aromatic carbocycles. The van der Waals surface area contributed by atoms with Gasteiger partial charge in [0.05, 0.1) is 11.1 Å². The quantitative estimate of drug-likeness (QED) is 0.831. The Morgan fingerprint density at radius 3 is 2.29 bits per heavy atom. The van der Waals surface area contributed by atoms with Crippen LogP contribution in [0.15, 0.2) is 30.3 Å². The molecule has 2 N–H and O–H groups in total. The van der Waals surface area contributed by atoms with Crippen molar-refractivity contribution in [3.05, 3.63) is 47.0 Å². The number of aryl methyl sites for hydroxylation is 1. The van der Waals surface area contributed by atoms with Gasteiger partial charge in [0.1, 0.15) is 0 Å². The molecule has 0 aliphatic heterocycles. The summed E-state index contributed by atoms with van der Waals surface area (Å²) in [5.74, 6) is -2.04. The molecular weight excluding hydrogens is 220 g/mol. The lowest BCUT2D eigenvalue weighted by Gasteiger charge is -2.05. The van der Waals surface area contributed by atoms with Crippen molar-refractivity contribution < 1.29 is 19.8 Å². The van der Waals surface area contributed by atoms with Crippen LogP contribution in [0, 0.1) is 6.92 Å². The number of aromatic carboxylic acids is 2. The van der Waals surface area contributed by atoms with E-state index in [2.05, 4.69) is 0 Å². The third-order valence-corrected chi connectivity index (χ3v) is 2.57. The van der Waals surface area contributed by atoms with Crippen LogP contribution in [0.4, 0.5) is 0 Å². The SMILES string of the molecule is Cc1cc(C(=O)O)c2ccc(C(=O)O)cc2c1. The number of carbonyl (C=O) groups is 2. The van der Waals surface area contributed by atoms with Crippen molar-refractivity contribution in [2.45, 2.75) is 6.92 Å². The Balaban J connectivity index is 2.79. The first-order chi connectivity index (χ1) is 7.99. The molecule has 0 unspecified atom stereocenters. The third kappa shape index (κ3) is 1.97. The molecular formula is C13H10O4. The molecule has 0 heterocycles. The molecule has 2 aromatic rings. The van der Waals surface area contributed by atoms with Gasteiger partial charge in [-0.2, -0.15) is 0 Å². The summed E-state index contributed by atoms with van der Waals surface area (Å²) in [6.45, 7) is 1.78. The highest BCUT2D eigenvalue weighted by atomic mass is 16.4. The molecule has 2 rings (SSSR count). The summed E-state index contributed by atoms with van der Waals surface area (Å²) in [7, 11) is 0. The second-order valence-corrected chi connectivity index (χ2v) is 3.86. The molecule has 0 spiro atoms. The maximum Gasteiger partial charge on any atom is 0.336 e. The summed E-state index contributed by atoms with van der Waals surface area (Å²) in [4.78, 5) is 21.9. The smallest absolute Gasteiger partial charge is 0.336 e. The Morgan fingerprint density at radius 2 is 1.71 bits per heavy atom. The summed E-state index contributed by atoms with van der Waals surface area (Å²) in [5, 5.41) is 19.1. The molecule has 0 saturated heterocycles. The van der Waals surface area contributed by atoms with Crippen molar-refractivity contribution in [1.82, 2.24) is 0 Å². The molecule has 0 radical (unpaired) electrons. The van der Waals surface area contributed by atoms with E-state index < -0.39 is 11.9 Å². The lowest BCUT2D eigenvalue weighted by Crippen LogP contribution is -2.00. The van der Waals surface area contributed by atoms with Gasteiger partial charge in [0.2, 0.25) is 0 Å². The number of hydrogen-bond donors (Lipinski definition) is 2. The molecule has 4 nitrogen and oxygen atoms in total. The summed E-state index contributed by atoms with van der Waals surface area (Å²) in [6.07, 6.45) is 0. The number of carboxylic acid groups (broad SMARTS) is 2. The van der Waals surface area contributed by atoms with Crippen LogP contribution >= 0.6 is 0 Å². The van der Waals surface area contributed by atoms with E-state index >= 15 is 0 Å². The molecule has 86 valence electrons. The Labute approximate surface area is 97.1 Å². The fourth-order valence-corrected chi connectivity index (χ4v) is 1.83. The van der Waals surface area contributed by atoms with E-state index in [1.54, 1.807) is 19.1 Å². The number of rotatable bonds is 2. The normalized spacial score (nSPS) is 10.4. The fraction of sp³-hybridized carbons (Fsp3) is 0.0769. The second kappa shape index (κ2) is 3.90. The lowest BCUT2D eigenvalue weighted by atomic mass is 9.99. The summed E-state index contributed by atoms with van der Waals surface area (Å²) >= 11 is 0. The Kier molecular flexibility index (Phi) is 2.55. The number of benzene rings is 2. The Hall–Kier alpha value is -2.36. The first-order valence-corrected chi connectivity index (χ1v) is 5.00. The van der Waals surface area contributed by atoms with Gasteiger partial charge in [-0.3, -0.25) is 0 Å². The van der Waals surface area contributed by atoms with Crippen molar-refractivity contribution in [2.24, 2.45) is 0 Å². The van der Waals surface area contributed by atoms with E-state index in [0.29, 0.717) is 10.8 Å². The molecule has 0 aliphatic rings. The average Bonchev–Trinajstić information content (AvgIpc) is 2.26. The van der Waals surface area contributed by atoms with Crippen LogP contribution in [0.3, 0.4) is 0 Å². The van der Waals surface area contributed by atoms with Crippen LogP contribution < -0.4 is 0 Å². The fourth-order valence-electron chi connectivity index (χ4n) is 1.83. The molecule has 0 aromatic heterocycles. The van der Waals surface area contributed by atoms with Crippen molar-refractivity contribution in [1.29, 1.82) is 0 Å². The minimum atomic E-state index is -1.02. The predicted molar refractivity (Wildman–Crippen MR) is 62.6 cm³/mol. The third-order valence-electron chi connectivity index (χ3n) is 2.57. The van der Waals surface area contributed by atoms with Gasteiger partial charge < -0.3 is 10.2 Å². The van der Waals surface area contributed by atoms with Crippen molar-refractivity contribution in [2.75, 3.05) is 0 Å². The van der Waals surface area contributed by atoms with E-state index in [-0.39, 0.29) is 11.1 Å².